The van der Waals surface area contributed by atoms with E-state index in [2.05, 4.69) is 10.6 Å². The van der Waals surface area contributed by atoms with E-state index >= 15 is 0 Å². The number of ether oxygens (including phenoxy) is 1. The van der Waals surface area contributed by atoms with E-state index in [1.54, 1.807) is 18.2 Å². The summed E-state index contributed by atoms with van der Waals surface area (Å²) in [5.41, 5.74) is -1.27. The molecule has 0 heterocycles. The van der Waals surface area contributed by atoms with E-state index in [-0.39, 0.29) is 35.6 Å². The molecule has 1 saturated carbocycles. The van der Waals surface area contributed by atoms with Crippen molar-refractivity contribution in [1.82, 2.24) is 5.32 Å². The summed E-state index contributed by atoms with van der Waals surface area (Å²) in [5.74, 6) is -0.962. The van der Waals surface area contributed by atoms with Crippen LogP contribution < -0.4 is 15.4 Å². The number of benzene rings is 3. The Morgan fingerprint density at radius 3 is 2.29 bits per heavy atom. The highest BCUT2D eigenvalue weighted by Crippen LogP contribution is 2.35. The van der Waals surface area contributed by atoms with Crippen molar-refractivity contribution in [3.05, 3.63) is 71.8 Å². The van der Waals surface area contributed by atoms with Gasteiger partial charge in [0.1, 0.15) is 5.75 Å². The lowest BCUT2D eigenvalue weighted by atomic mass is 10.0. The van der Waals surface area contributed by atoms with E-state index in [9.17, 15) is 22.8 Å². The number of carbonyl (C=O) groups excluding carboxylic acids is 2. The van der Waals surface area contributed by atoms with Crippen LogP contribution in [0.5, 0.6) is 5.75 Å². The van der Waals surface area contributed by atoms with Crippen LogP contribution in [-0.2, 0) is 11.0 Å². The monoisotopic (exact) mass is 428 g/mol. The standard InChI is InChI=1S/C23H19F3N2O3/c24-23(25,26)18-7-3-4-8-19(18)28-22(30)17-11-14-5-1-2-6-15(14)12-20(17)31-13-21(29)27-16-9-10-16/h1-8,11-12,16H,9-10,13H2,(H,27,29)(H,28,30). The summed E-state index contributed by atoms with van der Waals surface area (Å²) in [6, 6.07) is 15.2. The molecular weight excluding hydrogens is 409 g/mol. The molecule has 3 aromatic rings. The second kappa shape index (κ2) is 8.29. The SMILES string of the molecule is O=C(COc1cc2ccccc2cc1C(=O)Nc1ccccc1C(F)(F)F)NC1CC1. The molecule has 3 aromatic carbocycles. The quantitative estimate of drug-likeness (QED) is 0.595. The number of alkyl halides is 3. The summed E-state index contributed by atoms with van der Waals surface area (Å²) in [7, 11) is 0. The predicted octanol–water partition coefficient (Wildman–Crippen LogP) is 4.77. The van der Waals surface area contributed by atoms with Crippen molar-refractivity contribution in [3.63, 3.8) is 0 Å². The van der Waals surface area contributed by atoms with Crippen LogP contribution in [0.25, 0.3) is 10.8 Å². The highest BCUT2D eigenvalue weighted by molar-refractivity contribution is 6.09. The Morgan fingerprint density at radius 1 is 0.968 bits per heavy atom. The summed E-state index contributed by atoms with van der Waals surface area (Å²) in [5, 5.41) is 6.60. The summed E-state index contributed by atoms with van der Waals surface area (Å²) < 4.78 is 45.5. The molecule has 0 aromatic heterocycles. The zero-order valence-corrected chi connectivity index (χ0v) is 16.3. The second-order valence-electron chi connectivity index (χ2n) is 7.32. The predicted molar refractivity (Wildman–Crippen MR) is 110 cm³/mol. The third-order valence-corrected chi connectivity index (χ3v) is 4.87. The van der Waals surface area contributed by atoms with Crippen molar-refractivity contribution in [2.24, 2.45) is 0 Å². The molecule has 160 valence electrons. The average Bonchev–Trinajstić information content (AvgIpc) is 3.55. The van der Waals surface area contributed by atoms with Gasteiger partial charge < -0.3 is 15.4 Å². The van der Waals surface area contributed by atoms with E-state index in [1.807, 2.05) is 12.1 Å². The minimum absolute atomic E-state index is 0.0369. The van der Waals surface area contributed by atoms with Gasteiger partial charge in [-0.3, -0.25) is 9.59 Å². The Bertz CT molecular complexity index is 1140. The molecule has 1 aliphatic carbocycles. The topological polar surface area (TPSA) is 67.4 Å². The van der Waals surface area contributed by atoms with Gasteiger partial charge >= 0.3 is 6.18 Å². The van der Waals surface area contributed by atoms with E-state index in [0.29, 0.717) is 5.39 Å². The van der Waals surface area contributed by atoms with E-state index in [0.717, 1.165) is 24.3 Å². The van der Waals surface area contributed by atoms with Crippen LogP contribution in [0.1, 0.15) is 28.8 Å². The first-order chi connectivity index (χ1) is 14.8. The van der Waals surface area contributed by atoms with Gasteiger partial charge in [0.15, 0.2) is 6.61 Å². The lowest BCUT2D eigenvalue weighted by Crippen LogP contribution is -2.30. The first kappa shape index (κ1) is 20.7. The Balaban J connectivity index is 1.63. The third-order valence-electron chi connectivity index (χ3n) is 4.87. The zero-order chi connectivity index (χ0) is 22.0. The molecular formula is C23H19F3N2O3. The number of rotatable bonds is 6. The summed E-state index contributed by atoms with van der Waals surface area (Å²) in [6.45, 7) is -0.297. The average molecular weight is 428 g/mol. The van der Waals surface area contributed by atoms with Crippen molar-refractivity contribution < 1.29 is 27.5 Å². The Morgan fingerprint density at radius 2 is 1.61 bits per heavy atom. The molecule has 0 unspecified atom stereocenters. The van der Waals surface area contributed by atoms with Gasteiger partial charge in [-0.15, -0.1) is 0 Å². The van der Waals surface area contributed by atoms with Crippen molar-refractivity contribution in [3.8, 4) is 5.75 Å². The van der Waals surface area contributed by atoms with Gasteiger partial charge in [-0.2, -0.15) is 13.2 Å². The van der Waals surface area contributed by atoms with Gasteiger partial charge in [-0.25, -0.2) is 0 Å². The molecule has 1 fully saturated rings. The number of amides is 2. The minimum atomic E-state index is -4.62. The number of halogens is 3. The second-order valence-corrected chi connectivity index (χ2v) is 7.32. The van der Waals surface area contributed by atoms with Gasteiger partial charge in [-0.05, 0) is 47.9 Å². The van der Waals surface area contributed by atoms with Crippen LogP contribution in [0.4, 0.5) is 18.9 Å². The van der Waals surface area contributed by atoms with Crippen LogP contribution >= 0.6 is 0 Å². The van der Waals surface area contributed by atoms with Crippen LogP contribution in [0, 0.1) is 0 Å². The molecule has 0 saturated heterocycles. The van der Waals surface area contributed by atoms with Gasteiger partial charge in [0.05, 0.1) is 16.8 Å². The van der Waals surface area contributed by atoms with Crippen molar-refractivity contribution >= 4 is 28.3 Å². The fourth-order valence-corrected chi connectivity index (χ4v) is 3.19. The molecule has 0 bridgehead atoms. The molecule has 2 amide bonds. The first-order valence-corrected chi connectivity index (χ1v) is 9.74. The molecule has 1 aliphatic rings. The molecule has 8 heteroatoms. The fourth-order valence-electron chi connectivity index (χ4n) is 3.19. The molecule has 0 aliphatic heterocycles. The molecule has 5 nitrogen and oxygen atoms in total. The maximum absolute atomic E-state index is 13.3. The summed E-state index contributed by atoms with van der Waals surface area (Å²) in [6.07, 6.45) is -2.77. The fraction of sp³-hybridized carbons (Fsp3) is 0.217. The lowest BCUT2D eigenvalue weighted by molar-refractivity contribution is -0.137. The molecule has 0 spiro atoms. The molecule has 0 radical (unpaired) electrons. The van der Waals surface area contributed by atoms with Crippen LogP contribution in [0.2, 0.25) is 0 Å². The lowest BCUT2D eigenvalue weighted by Gasteiger charge is -2.16. The molecule has 2 N–H and O–H groups in total. The smallest absolute Gasteiger partial charge is 0.418 e. The van der Waals surface area contributed by atoms with Gasteiger partial charge in [0.2, 0.25) is 0 Å². The molecule has 4 rings (SSSR count). The maximum Gasteiger partial charge on any atom is 0.418 e. The summed E-state index contributed by atoms with van der Waals surface area (Å²) >= 11 is 0. The number of nitrogens with one attached hydrogen (secondary N) is 2. The highest BCUT2D eigenvalue weighted by atomic mass is 19.4. The maximum atomic E-state index is 13.3. The number of fused-ring (bicyclic) bond motifs is 1. The Hall–Kier alpha value is -3.55. The number of hydrogen-bond acceptors (Lipinski definition) is 3. The van der Waals surface area contributed by atoms with E-state index in [1.165, 1.54) is 24.3 Å². The Kier molecular flexibility index (Phi) is 5.54. The van der Waals surface area contributed by atoms with E-state index < -0.39 is 17.6 Å². The first-order valence-electron chi connectivity index (χ1n) is 9.74. The summed E-state index contributed by atoms with van der Waals surface area (Å²) in [4.78, 5) is 24.9. The number of para-hydroxylation sites is 1. The largest absolute Gasteiger partial charge is 0.483 e. The van der Waals surface area contributed by atoms with E-state index in [4.69, 9.17) is 4.74 Å². The zero-order valence-electron chi connectivity index (χ0n) is 16.3. The van der Waals surface area contributed by atoms with Crippen LogP contribution in [0.15, 0.2) is 60.7 Å². The van der Waals surface area contributed by atoms with Crippen LogP contribution in [0.3, 0.4) is 0 Å². The highest BCUT2D eigenvalue weighted by Gasteiger charge is 2.34. The normalized spacial score (nSPS) is 13.6. The third kappa shape index (κ3) is 4.96. The minimum Gasteiger partial charge on any atom is -0.483 e. The van der Waals surface area contributed by atoms with Crippen LogP contribution in [-0.4, -0.2) is 24.5 Å². The van der Waals surface area contributed by atoms with Crippen molar-refractivity contribution in [2.75, 3.05) is 11.9 Å². The number of anilines is 1. The van der Waals surface area contributed by atoms with Gasteiger partial charge in [0.25, 0.3) is 11.8 Å². The Labute approximate surface area is 176 Å². The van der Waals surface area contributed by atoms with Gasteiger partial charge in [0, 0.05) is 6.04 Å². The van der Waals surface area contributed by atoms with Crippen molar-refractivity contribution in [2.45, 2.75) is 25.1 Å². The van der Waals surface area contributed by atoms with Crippen molar-refractivity contribution in [1.29, 1.82) is 0 Å². The van der Waals surface area contributed by atoms with Gasteiger partial charge in [-0.1, -0.05) is 36.4 Å². The number of carbonyl (C=O) groups is 2. The molecule has 0 atom stereocenters. The molecule has 31 heavy (non-hydrogen) atoms. The number of hydrogen-bond donors (Lipinski definition) is 2.